The third kappa shape index (κ3) is 4.42. The van der Waals surface area contributed by atoms with Crippen LogP contribution in [0.1, 0.15) is 18.5 Å². The number of benzene rings is 2. The molecule has 0 fully saturated rings. The van der Waals surface area contributed by atoms with Gasteiger partial charge in [-0.05, 0) is 36.8 Å². The lowest BCUT2D eigenvalue weighted by atomic mass is 10.1. The molecule has 0 radical (unpaired) electrons. The molecule has 3 rings (SSSR count). The summed E-state index contributed by atoms with van der Waals surface area (Å²) in [6.07, 6.45) is 0. The highest BCUT2D eigenvalue weighted by atomic mass is 79.9. The molecule has 0 spiro atoms. The molecule has 2 aromatic carbocycles. The number of hydrogen-bond acceptors (Lipinski definition) is 3. The van der Waals surface area contributed by atoms with Crippen LogP contribution in [-0.2, 0) is 4.79 Å². The van der Waals surface area contributed by atoms with Crippen LogP contribution in [0.15, 0.2) is 53.0 Å². The number of hydrogen-bond donors (Lipinski definition) is 2. The van der Waals surface area contributed by atoms with E-state index in [9.17, 15) is 4.79 Å². The fourth-order valence-corrected chi connectivity index (χ4v) is 3.07. The molecule has 0 aliphatic carbocycles. The van der Waals surface area contributed by atoms with Gasteiger partial charge in [-0.3, -0.25) is 4.79 Å². The molecular formula is C18H21BrClN3O. The number of nitrogens with zero attached hydrogens (tertiary/aromatic N) is 1. The predicted octanol–water partition coefficient (Wildman–Crippen LogP) is 3.98. The van der Waals surface area contributed by atoms with Crippen molar-refractivity contribution in [2.75, 3.05) is 29.9 Å². The van der Waals surface area contributed by atoms with E-state index in [4.69, 9.17) is 0 Å². The molecule has 0 bridgehead atoms. The van der Waals surface area contributed by atoms with E-state index < -0.39 is 0 Å². The van der Waals surface area contributed by atoms with Gasteiger partial charge < -0.3 is 15.5 Å². The molecule has 1 amide bonds. The summed E-state index contributed by atoms with van der Waals surface area (Å²) in [6, 6.07) is 16.1. The first-order valence-corrected chi connectivity index (χ1v) is 8.55. The number of fused-ring (bicyclic) bond motifs is 1. The van der Waals surface area contributed by atoms with Crippen LogP contribution in [-0.4, -0.2) is 25.5 Å². The average molecular weight is 411 g/mol. The minimum Gasteiger partial charge on any atom is -0.382 e. The topological polar surface area (TPSA) is 44.4 Å². The Bertz CT molecular complexity index is 693. The maximum Gasteiger partial charge on any atom is 0.239 e. The van der Waals surface area contributed by atoms with Gasteiger partial charge in [0.1, 0.15) is 0 Å². The molecule has 0 saturated heterocycles. The van der Waals surface area contributed by atoms with Crippen molar-refractivity contribution in [3.05, 3.63) is 58.6 Å². The van der Waals surface area contributed by atoms with Crippen LogP contribution in [0.3, 0.4) is 0 Å². The highest BCUT2D eigenvalue weighted by Gasteiger charge is 2.19. The first kappa shape index (κ1) is 18.6. The van der Waals surface area contributed by atoms with Gasteiger partial charge in [0, 0.05) is 17.6 Å². The predicted molar refractivity (Wildman–Crippen MR) is 105 cm³/mol. The zero-order chi connectivity index (χ0) is 16.2. The van der Waals surface area contributed by atoms with Crippen LogP contribution in [0.5, 0.6) is 0 Å². The van der Waals surface area contributed by atoms with Gasteiger partial charge in [-0.2, -0.15) is 0 Å². The molecule has 1 heterocycles. The molecule has 1 aliphatic heterocycles. The third-order valence-corrected chi connectivity index (χ3v) is 4.55. The van der Waals surface area contributed by atoms with Crippen molar-refractivity contribution in [2.45, 2.75) is 13.0 Å². The smallest absolute Gasteiger partial charge is 0.239 e. The van der Waals surface area contributed by atoms with Crippen molar-refractivity contribution in [2.24, 2.45) is 0 Å². The number of amides is 1. The second-order valence-electron chi connectivity index (χ2n) is 5.71. The van der Waals surface area contributed by atoms with Crippen LogP contribution < -0.4 is 15.5 Å². The van der Waals surface area contributed by atoms with Crippen LogP contribution in [0.4, 0.5) is 11.4 Å². The zero-order valence-corrected chi connectivity index (χ0v) is 15.9. The Kier molecular flexibility index (Phi) is 6.52. The summed E-state index contributed by atoms with van der Waals surface area (Å²) >= 11 is 3.43. The van der Waals surface area contributed by atoms with Gasteiger partial charge in [0.2, 0.25) is 5.91 Å². The van der Waals surface area contributed by atoms with Crippen LogP contribution in [0.25, 0.3) is 0 Å². The van der Waals surface area contributed by atoms with E-state index >= 15 is 0 Å². The normalized spacial score (nSPS) is 14.0. The van der Waals surface area contributed by atoms with E-state index in [0.29, 0.717) is 6.54 Å². The molecular weight excluding hydrogens is 390 g/mol. The van der Waals surface area contributed by atoms with Gasteiger partial charge in [0.25, 0.3) is 0 Å². The standard InChI is InChI=1S/C18H20BrN3O.ClH/c1-13(14-6-8-15(19)9-7-14)21-18(23)12-22-11-10-20-16-4-2-3-5-17(16)22;/h2-9,13,20H,10-12H2,1H3,(H,21,23);1H. The van der Waals surface area contributed by atoms with E-state index in [1.807, 2.05) is 55.5 Å². The lowest BCUT2D eigenvalue weighted by Crippen LogP contribution is -2.42. The number of carbonyl (C=O) groups excluding carboxylic acids is 1. The van der Waals surface area contributed by atoms with Gasteiger partial charge in [-0.25, -0.2) is 0 Å². The second-order valence-corrected chi connectivity index (χ2v) is 6.62. The Balaban J connectivity index is 0.00000208. The summed E-state index contributed by atoms with van der Waals surface area (Å²) in [5.41, 5.74) is 3.28. The second kappa shape index (κ2) is 8.40. The molecule has 24 heavy (non-hydrogen) atoms. The first-order chi connectivity index (χ1) is 11.1. The zero-order valence-electron chi connectivity index (χ0n) is 13.5. The van der Waals surface area contributed by atoms with Crippen molar-refractivity contribution >= 4 is 45.6 Å². The molecule has 0 aromatic heterocycles. The van der Waals surface area contributed by atoms with Crippen LogP contribution in [0, 0.1) is 0 Å². The quantitative estimate of drug-likeness (QED) is 0.801. The molecule has 4 nitrogen and oxygen atoms in total. The third-order valence-electron chi connectivity index (χ3n) is 4.02. The summed E-state index contributed by atoms with van der Waals surface area (Å²) in [5.74, 6) is 0.0390. The number of anilines is 2. The van der Waals surface area contributed by atoms with Crippen LogP contribution in [0.2, 0.25) is 0 Å². The minimum absolute atomic E-state index is 0. The van der Waals surface area contributed by atoms with E-state index in [2.05, 4.69) is 31.5 Å². The summed E-state index contributed by atoms with van der Waals surface area (Å²) in [6.45, 7) is 4.07. The van der Waals surface area contributed by atoms with Crippen molar-refractivity contribution in [1.82, 2.24) is 5.32 Å². The lowest BCUT2D eigenvalue weighted by molar-refractivity contribution is -0.120. The van der Waals surface area contributed by atoms with Crippen molar-refractivity contribution < 1.29 is 4.79 Å². The van der Waals surface area contributed by atoms with Gasteiger partial charge in [0.05, 0.1) is 24.0 Å². The van der Waals surface area contributed by atoms with E-state index in [0.717, 1.165) is 34.5 Å². The summed E-state index contributed by atoms with van der Waals surface area (Å²) in [5, 5.41) is 6.44. The number of rotatable bonds is 4. The number of para-hydroxylation sites is 2. The van der Waals surface area contributed by atoms with Gasteiger partial charge in [0.15, 0.2) is 0 Å². The fourth-order valence-electron chi connectivity index (χ4n) is 2.80. The summed E-state index contributed by atoms with van der Waals surface area (Å²) in [4.78, 5) is 14.5. The molecule has 1 atom stereocenters. The molecule has 6 heteroatoms. The van der Waals surface area contributed by atoms with E-state index in [1.165, 1.54) is 0 Å². The largest absolute Gasteiger partial charge is 0.382 e. The Morgan fingerprint density at radius 1 is 1.25 bits per heavy atom. The first-order valence-electron chi connectivity index (χ1n) is 7.76. The Morgan fingerprint density at radius 3 is 2.71 bits per heavy atom. The number of halogens is 2. The van der Waals surface area contributed by atoms with Crippen molar-refractivity contribution in [3.63, 3.8) is 0 Å². The van der Waals surface area contributed by atoms with Gasteiger partial charge in [-0.1, -0.05) is 40.2 Å². The number of carbonyl (C=O) groups is 1. The van der Waals surface area contributed by atoms with E-state index in [-0.39, 0.29) is 24.4 Å². The molecule has 0 saturated carbocycles. The lowest BCUT2D eigenvalue weighted by Gasteiger charge is -2.31. The molecule has 1 unspecified atom stereocenters. The monoisotopic (exact) mass is 409 g/mol. The molecule has 2 aromatic rings. The van der Waals surface area contributed by atoms with Gasteiger partial charge >= 0.3 is 0 Å². The minimum atomic E-state index is -0.00578. The highest BCUT2D eigenvalue weighted by molar-refractivity contribution is 9.10. The number of nitrogens with one attached hydrogen (secondary N) is 2. The Morgan fingerprint density at radius 2 is 1.96 bits per heavy atom. The van der Waals surface area contributed by atoms with Gasteiger partial charge in [-0.15, -0.1) is 12.4 Å². The van der Waals surface area contributed by atoms with Crippen molar-refractivity contribution in [3.8, 4) is 0 Å². The van der Waals surface area contributed by atoms with E-state index in [1.54, 1.807) is 0 Å². The maximum absolute atomic E-state index is 12.4. The average Bonchev–Trinajstić information content (AvgIpc) is 2.55. The Hall–Kier alpha value is -1.72. The maximum atomic E-state index is 12.4. The fraction of sp³-hybridized carbons (Fsp3) is 0.278. The molecule has 1 aliphatic rings. The summed E-state index contributed by atoms with van der Waals surface area (Å²) in [7, 11) is 0. The molecule has 2 N–H and O–H groups in total. The highest BCUT2D eigenvalue weighted by Crippen LogP contribution is 2.28. The SMILES string of the molecule is CC(NC(=O)CN1CCNc2ccccc21)c1ccc(Br)cc1.Cl. The Labute approximate surface area is 157 Å². The summed E-state index contributed by atoms with van der Waals surface area (Å²) < 4.78 is 1.04. The molecule has 128 valence electrons. The van der Waals surface area contributed by atoms with Crippen LogP contribution >= 0.6 is 28.3 Å². The van der Waals surface area contributed by atoms with Crippen molar-refractivity contribution in [1.29, 1.82) is 0 Å².